The Morgan fingerprint density at radius 1 is 1.29 bits per heavy atom. The highest BCUT2D eigenvalue weighted by Crippen LogP contribution is 2.32. The zero-order valence-corrected chi connectivity index (χ0v) is 18.9. The normalized spacial score (nSPS) is 19.6. The van der Waals surface area contributed by atoms with E-state index in [1.165, 1.54) is 0 Å². The van der Waals surface area contributed by atoms with Gasteiger partial charge in [-0.25, -0.2) is 4.79 Å². The van der Waals surface area contributed by atoms with Crippen molar-refractivity contribution >= 4 is 17.7 Å². The average Bonchev–Trinajstić information content (AvgIpc) is 3.03. The van der Waals surface area contributed by atoms with Crippen molar-refractivity contribution in [2.75, 3.05) is 12.3 Å². The number of hydrogen-bond donors (Lipinski definition) is 1. The molecule has 2 amide bonds. The summed E-state index contributed by atoms with van der Waals surface area (Å²) in [5, 5.41) is 4.71. The number of carbonyl (C=O) groups excluding carboxylic acids is 2. The topological polar surface area (TPSA) is 93.7 Å². The van der Waals surface area contributed by atoms with Crippen LogP contribution in [0.15, 0.2) is 24.3 Å². The molecule has 2 aromatic rings. The van der Waals surface area contributed by atoms with Crippen molar-refractivity contribution in [2.45, 2.75) is 71.8 Å². The quantitative estimate of drug-likeness (QED) is 0.745. The first kappa shape index (κ1) is 21.2. The summed E-state index contributed by atoms with van der Waals surface area (Å²) in [5.74, 6) is -0.0615. The van der Waals surface area contributed by atoms with Crippen LogP contribution in [0, 0.1) is 0 Å². The number of amides is 2. The number of rotatable bonds is 2. The van der Waals surface area contributed by atoms with Gasteiger partial charge in [-0.05, 0) is 52.3 Å². The maximum Gasteiger partial charge on any atom is 0.410 e. The fraction of sp³-hybridized carbons (Fsp3) is 0.522. The monoisotopic (exact) mass is 425 g/mol. The van der Waals surface area contributed by atoms with Crippen LogP contribution in [0.4, 0.5) is 10.5 Å². The molecule has 0 bridgehead atoms. The second-order valence-corrected chi connectivity index (χ2v) is 9.50. The molecule has 4 rings (SSSR count). The number of carbonyl (C=O) groups is 2. The number of aromatic nitrogens is 2. The molecule has 166 valence electrons. The Labute approximate surface area is 182 Å². The number of nitrogens with zero attached hydrogens (tertiary/aromatic N) is 4. The van der Waals surface area contributed by atoms with Gasteiger partial charge in [-0.3, -0.25) is 9.48 Å². The molecule has 0 saturated carbocycles. The lowest BCUT2D eigenvalue weighted by atomic mass is 9.98. The maximum absolute atomic E-state index is 13.5. The van der Waals surface area contributed by atoms with E-state index in [1.807, 2.05) is 63.8 Å². The van der Waals surface area contributed by atoms with E-state index < -0.39 is 5.60 Å². The number of ether oxygens (including phenoxy) is 1. The highest BCUT2D eigenvalue weighted by Gasteiger charge is 2.39. The summed E-state index contributed by atoms with van der Waals surface area (Å²) in [7, 11) is 0. The van der Waals surface area contributed by atoms with Gasteiger partial charge in [0.15, 0.2) is 0 Å². The highest BCUT2D eigenvalue weighted by molar-refractivity contribution is 5.95. The fourth-order valence-corrected chi connectivity index (χ4v) is 4.37. The van der Waals surface area contributed by atoms with Crippen LogP contribution >= 0.6 is 0 Å². The third-order valence-corrected chi connectivity index (χ3v) is 5.99. The Morgan fingerprint density at radius 3 is 2.71 bits per heavy atom. The van der Waals surface area contributed by atoms with Gasteiger partial charge in [0.2, 0.25) is 0 Å². The number of nitrogen functional groups attached to an aromatic ring is 1. The summed E-state index contributed by atoms with van der Waals surface area (Å²) in [6.45, 7) is 11.1. The standard InChI is InChI=1S/C23H31N5O3/c1-14-11-19-18(13-27(14)22(30)31-23(3,4)5)20-21(29)26(9-10-28(20)25-19)15(2)16-7-6-8-17(24)12-16/h6-8,12,14-15H,9-11,13,24H2,1-5H3/t14-,15?/m1/s1. The molecule has 2 aliphatic heterocycles. The molecule has 1 aromatic heterocycles. The molecule has 0 spiro atoms. The van der Waals surface area contributed by atoms with Crippen molar-refractivity contribution in [1.29, 1.82) is 0 Å². The van der Waals surface area contributed by atoms with E-state index in [9.17, 15) is 9.59 Å². The zero-order chi connectivity index (χ0) is 22.5. The summed E-state index contributed by atoms with van der Waals surface area (Å²) < 4.78 is 7.40. The molecule has 8 nitrogen and oxygen atoms in total. The molecule has 1 unspecified atom stereocenters. The van der Waals surface area contributed by atoms with E-state index in [1.54, 1.807) is 9.58 Å². The van der Waals surface area contributed by atoms with Crippen LogP contribution in [0.25, 0.3) is 0 Å². The summed E-state index contributed by atoms with van der Waals surface area (Å²) in [4.78, 5) is 29.9. The Hall–Kier alpha value is -3.03. The lowest BCUT2D eigenvalue weighted by Gasteiger charge is -2.36. The molecule has 31 heavy (non-hydrogen) atoms. The van der Waals surface area contributed by atoms with Crippen LogP contribution < -0.4 is 5.73 Å². The number of anilines is 1. The second kappa shape index (κ2) is 7.59. The van der Waals surface area contributed by atoms with Crippen LogP contribution in [0.3, 0.4) is 0 Å². The minimum Gasteiger partial charge on any atom is -0.444 e. The second-order valence-electron chi connectivity index (χ2n) is 9.50. The summed E-state index contributed by atoms with van der Waals surface area (Å²) >= 11 is 0. The van der Waals surface area contributed by atoms with Gasteiger partial charge >= 0.3 is 6.09 Å². The zero-order valence-electron chi connectivity index (χ0n) is 18.9. The van der Waals surface area contributed by atoms with Crippen molar-refractivity contribution in [3.8, 4) is 0 Å². The summed E-state index contributed by atoms with van der Waals surface area (Å²) in [6, 6.07) is 7.48. The number of hydrogen-bond acceptors (Lipinski definition) is 5. The SMILES string of the molecule is CC(c1cccc(N)c1)N1CCn2nc3c(c2C1=O)CN(C(=O)OC(C)(C)C)[C@H](C)C3. The molecule has 2 N–H and O–H groups in total. The number of fused-ring (bicyclic) bond motifs is 3. The smallest absolute Gasteiger partial charge is 0.410 e. The van der Waals surface area contributed by atoms with Gasteiger partial charge in [0.1, 0.15) is 11.3 Å². The van der Waals surface area contributed by atoms with Gasteiger partial charge < -0.3 is 20.3 Å². The fourth-order valence-electron chi connectivity index (χ4n) is 4.37. The molecule has 8 heteroatoms. The predicted molar refractivity (Wildman–Crippen MR) is 117 cm³/mol. The van der Waals surface area contributed by atoms with Crippen molar-refractivity contribution in [3.05, 3.63) is 46.8 Å². The van der Waals surface area contributed by atoms with Crippen LogP contribution in [0.1, 0.15) is 68.0 Å². The average molecular weight is 426 g/mol. The lowest BCUT2D eigenvalue weighted by Crippen LogP contribution is -2.46. The molecule has 1 aromatic carbocycles. The Kier molecular flexibility index (Phi) is 5.19. The number of nitrogens with two attached hydrogens (primary N) is 1. The van der Waals surface area contributed by atoms with E-state index in [2.05, 4.69) is 0 Å². The van der Waals surface area contributed by atoms with Gasteiger partial charge in [-0.15, -0.1) is 0 Å². The first-order valence-electron chi connectivity index (χ1n) is 10.8. The molecule has 2 aliphatic rings. The third kappa shape index (κ3) is 3.98. The Balaban J connectivity index is 1.62. The molecular weight excluding hydrogens is 394 g/mol. The highest BCUT2D eigenvalue weighted by atomic mass is 16.6. The van der Waals surface area contributed by atoms with E-state index in [0.29, 0.717) is 37.4 Å². The van der Waals surface area contributed by atoms with Crippen molar-refractivity contribution in [1.82, 2.24) is 19.6 Å². The minimum absolute atomic E-state index is 0.0447. The van der Waals surface area contributed by atoms with Crippen LogP contribution in [0.2, 0.25) is 0 Å². The molecule has 0 aliphatic carbocycles. The lowest BCUT2D eigenvalue weighted by molar-refractivity contribution is 0.0135. The molecule has 2 atom stereocenters. The maximum atomic E-state index is 13.5. The molecule has 0 saturated heterocycles. The van der Waals surface area contributed by atoms with Crippen LogP contribution in [0.5, 0.6) is 0 Å². The molecule has 0 radical (unpaired) electrons. The van der Waals surface area contributed by atoms with Gasteiger partial charge in [-0.2, -0.15) is 5.10 Å². The van der Waals surface area contributed by atoms with E-state index in [4.69, 9.17) is 15.6 Å². The van der Waals surface area contributed by atoms with E-state index in [0.717, 1.165) is 16.8 Å². The number of benzene rings is 1. The van der Waals surface area contributed by atoms with Gasteiger partial charge in [0.25, 0.3) is 5.91 Å². The predicted octanol–water partition coefficient (Wildman–Crippen LogP) is 3.36. The first-order valence-corrected chi connectivity index (χ1v) is 10.8. The van der Waals surface area contributed by atoms with Crippen molar-refractivity contribution in [2.24, 2.45) is 0 Å². The van der Waals surface area contributed by atoms with Crippen LogP contribution in [-0.4, -0.2) is 49.8 Å². The third-order valence-electron chi connectivity index (χ3n) is 5.99. The van der Waals surface area contributed by atoms with Gasteiger partial charge in [0.05, 0.1) is 24.8 Å². The van der Waals surface area contributed by atoms with Crippen molar-refractivity contribution < 1.29 is 14.3 Å². The van der Waals surface area contributed by atoms with Crippen LogP contribution in [-0.2, 0) is 24.2 Å². The summed E-state index contributed by atoms with van der Waals surface area (Å²) in [5.41, 5.74) is 9.36. The van der Waals surface area contributed by atoms with Gasteiger partial charge in [0, 0.05) is 30.3 Å². The largest absolute Gasteiger partial charge is 0.444 e. The van der Waals surface area contributed by atoms with E-state index in [-0.39, 0.29) is 24.1 Å². The molecule has 3 heterocycles. The van der Waals surface area contributed by atoms with Gasteiger partial charge in [-0.1, -0.05) is 12.1 Å². The molecule has 0 fully saturated rings. The Morgan fingerprint density at radius 2 is 2.03 bits per heavy atom. The molecular formula is C23H31N5O3. The first-order chi connectivity index (χ1) is 14.5. The summed E-state index contributed by atoms with van der Waals surface area (Å²) in [6.07, 6.45) is 0.242. The van der Waals surface area contributed by atoms with Crippen molar-refractivity contribution in [3.63, 3.8) is 0 Å². The Bertz CT molecular complexity index is 1020. The van der Waals surface area contributed by atoms with E-state index >= 15 is 0 Å². The minimum atomic E-state index is -0.574.